The molecule has 1 atom stereocenters. The van der Waals surface area contributed by atoms with Gasteiger partial charge >= 0.3 is 0 Å². The molecule has 0 saturated carbocycles. The molecule has 2 rings (SSSR count). The van der Waals surface area contributed by atoms with Gasteiger partial charge in [0.05, 0.1) is 21.8 Å². The van der Waals surface area contributed by atoms with Gasteiger partial charge in [0, 0.05) is 13.1 Å². The van der Waals surface area contributed by atoms with E-state index in [1.807, 2.05) is 0 Å². The maximum atomic E-state index is 9.96. The number of hydrogen-bond donors (Lipinski definition) is 2. The molecule has 18 heavy (non-hydrogen) atoms. The van der Waals surface area contributed by atoms with Crippen molar-refractivity contribution < 1.29 is 5.11 Å². The molecule has 1 aliphatic rings. The van der Waals surface area contributed by atoms with Gasteiger partial charge in [-0.2, -0.15) is 0 Å². The lowest BCUT2D eigenvalue weighted by molar-refractivity contribution is 0.135. The van der Waals surface area contributed by atoms with Crippen molar-refractivity contribution in [1.29, 1.82) is 0 Å². The highest BCUT2D eigenvalue weighted by Gasteiger charge is 2.16. The van der Waals surface area contributed by atoms with Crippen LogP contribution in [0.1, 0.15) is 12.8 Å². The second-order valence-electron chi connectivity index (χ2n) is 4.64. The van der Waals surface area contributed by atoms with E-state index in [4.69, 9.17) is 23.2 Å². The number of para-hydroxylation sites is 1. The molecule has 1 saturated heterocycles. The van der Waals surface area contributed by atoms with Crippen LogP contribution in [-0.2, 0) is 0 Å². The minimum Gasteiger partial charge on any atom is -0.390 e. The average Bonchev–Trinajstić information content (AvgIpc) is 2.81. The normalized spacial score (nSPS) is 17.9. The number of β-amino-alcohol motifs (C(OH)–C–C–N with tert-alkyl or cyclic N) is 1. The topological polar surface area (TPSA) is 35.5 Å². The Morgan fingerprint density at radius 3 is 2.44 bits per heavy atom. The molecule has 1 fully saturated rings. The lowest BCUT2D eigenvalue weighted by atomic mass is 10.3. The van der Waals surface area contributed by atoms with Crippen LogP contribution in [0.2, 0.25) is 10.0 Å². The highest BCUT2D eigenvalue weighted by molar-refractivity contribution is 6.39. The first-order chi connectivity index (χ1) is 8.66. The van der Waals surface area contributed by atoms with E-state index in [-0.39, 0.29) is 0 Å². The maximum absolute atomic E-state index is 9.96. The van der Waals surface area contributed by atoms with Crippen molar-refractivity contribution in [3.63, 3.8) is 0 Å². The maximum Gasteiger partial charge on any atom is 0.0839 e. The van der Waals surface area contributed by atoms with Crippen LogP contribution in [0, 0.1) is 0 Å². The average molecular weight is 289 g/mol. The van der Waals surface area contributed by atoms with Crippen molar-refractivity contribution in [2.45, 2.75) is 18.9 Å². The molecular formula is C13H18Cl2N2O. The molecule has 1 unspecified atom stereocenters. The van der Waals surface area contributed by atoms with Crippen molar-refractivity contribution in [2.24, 2.45) is 0 Å². The van der Waals surface area contributed by atoms with Crippen LogP contribution in [0.4, 0.5) is 5.69 Å². The van der Waals surface area contributed by atoms with Crippen LogP contribution in [0.3, 0.4) is 0 Å². The van der Waals surface area contributed by atoms with Crippen LogP contribution >= 0.6 is 23.2 Å². The fourth-order valence-electron chi connectivity index (χ4n) is 2.21. The second-order valence-corrected chi connectivity index (χ2v) is 5.45. The Balaban J connectivity index is 1.83. The van der Waals surface area contributed by atoms with Crippen molar-refractivity contribution in [3.05, 3.63) is 28.2 Å². The predicted octanol–water partition coefficient (Wildman–Crippen LogP) is 2.86. The van der Waals surface area contributed by atoms with E-state index in [0.717, 1.165) is 13.1 Å². The number of likely N-dealkylation sites (tertiary alicyclic amines) is 1. The highest BCUT2D eigenvalue weighted by Crippen LogP contribution is 2.29. The van der Waals surface area contributed by atoms with Gasteiger partial charge in [0.1, 0.15) is 0 Å². The molecule has 3 nitrogen and oxygen atoms in total. The summed E-state index contributed by atoms with van der Waals surface area (Å²) in [5.41, 5.74) is 0.696. The van der Waals surface area contributed by atoms with Crippen molar-refractivity contribution in [3.8, 4) is 0 Å². The fraction of sp³-hybridized carbons (Fsp3) is 0.538. The molecule has 5 heteroatoms. The number of anilines is 1. The van der Waals surface area contributed by atoms with E-state index in [1.165, 1.54) is 12.8 Å². The summed E-state index contributed by atoms with van der Waals surface area (Å²) in [6.07, 6.45) is 2.06. The minimum absolute atomic E-state index is 0.407. The Kier molecular flexibility index (Phi) is 5.13. The summed E-state index contributed by atoms with van der Waals surface area (Å²) in [4.78, 5) is 2.28. The Bertz CT molecular complexity index is 374. The fourth-order valence-corrected chi connectivity index (χ4v) is 2.75. The van der Waals surface area contributed by atoms with Gasteiger partial charge in [0.25, 0.3) is 0 Å². The minimum atomic E-state index is -0.407. The molecule has 0 amide bonds. The lowest BCUT2D eigenvalue weighted by Gasteiger charge is -2.20. The molecule has 2 N–H and O–H groups in total. The zero-order valence-corrected chi connectivity index (χ0v) is 11.7. The van der Waals surface area contributed by atoms with Gasteiger partial charge in [0.2, 0.25) is 0 Å². The number of aliphatic hydroxyl groups excluding tert-OH is 1. The van der Waals surface area contributed by atoms with E-state index in [9.17, 15) is 5.11 Å². The summed E-state index contributed by atoms with van der Waals surface area (Å²) in [5.74, 6) is 0. The third-order valence-electron chi connectivity index (χ3n) is 3.14. The zero-order valence-electron chi connectivity index (χ0n) is 10.2. The first kappa shape index (κ1) is 13.9. The quantitative estimate of drug-likeness (QED) is 0.875. The van der Waals surface area contributed by atoms with Crippen LogP contribution < -0.4 is 5.32 Å². The molecule has 1 aliphatic heterocycles. The summed E-state index contributed by atoms with van der Waals surface area (Å²) in [5, 5.41) is 14.2. The first-order valence-electron chi connectivity index (χ1n) is 6.25. The zero-order chi connectivity index (χ0) is 13.0. The lowest BCUT2D eigenvalue weighted by Crippen LogP contribution is -2.34. The third-order valence-corrected chi connectivity index (χ3v) is 3.77. The SMILES string of the molecule is OC(CNc1c(Cl)cccc1Cl)CN1CCCC1. The molecule has 1 heterocycles. The van der Waals surface area contributed by atoms with E-state index < -0.39 is 6.10 Å². The smallest absolute Gasteiger partial charge is 0.0839 e. The van der Waals surface area contributed by atoms with E-state index >= 15 is 0 Å². The van der Waals surface area contributed by atoms with Crippen LogP contribution in [0.15, 0.2) is 18.2 Å². The van der Waals surface area contributed by atoms with Gasteiger partial charge in [-0.3, -0.25) is 0 Å². The number of halogens is 2. The summed E-state index contributed by atoms with van der Waals surface area (Å²) < 4.78 is 0. The Hall–Kier alpha value is -0.480. The third kappa shape index (κ3) is 3.75. The van der Waals surface area contributed by atoms with Gasteiger partial charge in [-0.1, -0.05) is 29.3 Å². The molecule has 1 aromatic rings. The van der Waals surface area contributed by atoms with Crippen molar-refractivity contribution in [1.82, 2.24) is 4.90 Å². The van der Waals surface area contributed by atoms with Crippen LogP contribution in [0.5, 0.6) is 0 Å². The standard InChI is InChI=1S/C13H18Cl2N2O/c14-11-4-3-5-12(15)13(11)16-8-10(18)9-17-6-1-2-7-17/h3-5,10,16,18H,1-2,6-9H2. The molecule has 0 aliphatic carbocycles. The van der Waals surface area contributed by atoms with E-state index in [1.54, 1.807) is 18.2 Å². The molecular weight excluding hydrogens is 271 g/mol. The number of rotatable bonds is 5. The van der Waals surface area contributed by atoms with Gasteiger partial charge in [-0.05, 0) is 38.1 Å². The molecule has 100 valence electrons. The van der Waals surface area contributed by atoms with Crippen LogP contribution in [-0.4, -0.2) is 42.3 Å². The first-order valence-corrected chi connectivity index (χ1v) is 7.00. The summed E-state index contributed by atoms with van der Waals surface area (Å²) in [6.45, 7) is 3.34. The summed E-state index contributed by atoms with van der Waals surface area (Å²) in [6, 6.07) is 5.36. The van der Waals surface area contributed by atoms with Gasteiger partial charge in [-0.15, -0.1) is 0 Å². The number of nitrogens with one attached hydrogen (secondary N) is 1. The number of benzene rings is 1. The number of hydrogen-bond acceptors (Lipinski definition) is 3. The predicted molar refractivity (Wildman–Crippen MR) is 76.6 cm³/mol. The van der Waals surface area contributed by atoms with E-state index in [2.05, 4.69) is 10.2 Å². The van der Waals surface area contributed by atoms with Gasteiger partial charge < -0.3 is 15.3 Å². The highest BCUT2D eigenvalue weighted by atomic mass is 35.5. The summed E-state index contributed by atoms with van der Waals surface area (Å²) >= 11 is 12.1. The molecule has 0 bridgehead atoms. The van der Waals surface area contributed by atoms with Crippen molar-refractivity contribution >= 4 is 28.9 Å². The Morgan fingerprint density at radius 2 is 1.83 bits per heavy atom. The molecule has 0 spiro atoms. The number of aliphatic hydroxyl groups is 1. The molecule has 0 radical (unpaired) electrons. The van der Waals surface area contributed by atoms with Gasteiger partial charge in [-0.25, -0.2) is 0 Å². The Labute approximate surface area is 118 Å². The van der Waals surface area contributed by atoms with Crippen molar-refractivity contribution in [2.75, 3.05) is 31.5 Å². The molecule has 0 aromatic heterocycles. The monoisotopic (exact) mass is 288 g/mol. The summed E-state index contributed by atoms with van der Waals surface area (Å²) in [7, 11) is 0. The molecule has 1 aromatic carbocycles. The second kappa shape index (κ2) is 6.62. The van der Waals surface area contributed by atoms with Crippen LogP contribution in [0.25, 0.3) is 0 Å². The largest absolute Gasteiger partial charge is 0.390 e. The van der Waals surface area contributed by atoms with E-state index in [0.29, 0.717) is 28.8 Å². The number of nitrogens with zero attached hydrogens (tertiary/aromatic N) is 1. The van der Waals surface area contributed by atoms with Gasteiger partial charge in [0.15, 0.2) is 0 Å². The Morgan fingerprint density at radius 1 is 1.22 bits per heavy atom.